The van der Waals surface area contributed by atoms with Crippen molar-refractivity contribution in [3.05, 3.63) is 94.8 Å². The van der Waals surface area contributed by atoms with Crippen molar-refractivity contribution in [3.8, 4) is 22.6 Å². The maximum atomic E-state index is 15.3. The van der Waals surface area contributed by atoms with Crippen LogP contribution in [0.5, 0.6) is 11.5 Å². The van der Waals surface area contributed by atoms with Gasteiger partial charge in [-0.2, -0.15) is 13.2 Å². The van der Waals surface area contributed by atoms with Gasteiger partial charge in [0.25, 0.3) is 0 Å². The molecule has 224 valence electrons. The van der Waals surface area contributed by atoms with E-state index in [0.717, 1.165) is 49.9 Å². The molecule has 0 N–H and O–H groups in total. The Kier molecular flexibility index (Phi) is 9.96. The van der Waals surface area contributed by atoms with Gasteiger partial charge in [-0.1, -0.05) is 50.5 Å². The number of alkyl halides is 3. The van der Waals surface area contributed by atoms with E-state index in [1.54, 1.807) is 6.07 Å². The number of ether oxygens (including phenoxy) is 2. The molecule has 0 spiro atoms. The van der Waals surface area contributed by atoms with Crippen LogP contribution in [-0.4, -0.2) is 19.4 Å². The van der Waals surface area contributed by atoms with E-state index in [9.17, 15) is 30.7 Å². The number of hydrogen-bond acceptors (Lipinski definition) is 2. The van der Waals surface area contributed by atoms with Crippen molar-refractivity contribution >= 4 is 10.8 Å². The lowest BCUT2D eigenvalue weighted by Crippen LogP contribution is -2.20. The van der Waals surface area contributed by atoms with Gasteiger partial charge in [0.05, 0.1) is 12.2 Å². The van der Waals surface area contributed by atoms with Gasteiger partial charge in [0.15, 0.2) is 24.0 Å². The van der Waals surface area contributed by atoms with Gasteiger partial charge in [-0.05, 0) is 59.5 Å². The maximum Gasteiger partial charge on any atom is 0.422 e. The van der Waals surface area contributed by atoms with Gasteiger partial charge in [0, 0.05) is 17.5 Å². The molecule has 0 saturated carbocycles. The second kappa shape index (κ2) is 13.4. The lowest BCUT2D eigenvalue weighted by molar-refractivity contribution is -0.154. The molecule has 0 aliphatic heterocycles. The summed E-state index contributed by atoms with van der Waals surface area (Å²) in [7, 11) is 0. The summed E-state index contributed by atoms with van der Waals surface area (Å²) >= 11 is 0. The fraction of sp³-hybridized carbons (Fsp3) is 0.312. The van der Waals surface area contributed by atoms with Gasteiger partial charge in [0.1, 0.15) is 23.2 Å². The zero-order valence-corrected chi connectivity index (χ0v) is 22.7. The number of fused-ring (bicyclic) bond motifs is 1. The minimum atomic E-state index is -4.76. The first-order chi connectivity index (χ1) is 20.0. The van der Waals surface area contributed by atoms with Gasteiger partial charge >= 0.3 is 6.18 Å². The van der Waals surface area contributed by atoms with Crippen molar-refractivity contribution in [1.82, 2.24) is 0 Å². The summed E-state index contributed by atoms with van der Waals surface area (Å²) in [6.07, 6.45) is -0.913. The number of unbranched alkanes of at least 4 members (excludes halogenated alkanes) is 3. The molecule has 0 bridgehead atoms. The van der Waals surface area contributed by atoms with Crippen LogP contribution in [0.1, 0.15) is 43.7 Å². The number of halogens is 8. The molecule has 42 heavy (non-hydrogen) atoms. The lowest BCUT2D eigenvalue weighted by atomic mass is 9.96. The minimum Gasteiger partial charge on any atom is -0.493 e. The summed E-state index contributed by atoms with van der Waals surface area (Å²) in [4.78, 5) is 0. The first-order valence-corrected chi connectivity index (χ1v) is 13.5. The molecule has 0 heterocycles. The third kappa shape index (κ3) is 7.72. The predicted molar refractivity (Wildman–Crippen MR) is 144 cm³/mol. The molecule has 4 rings (SSSR count). The van der Waals surface area contributed by atoms with E-state index in [4.69, 9.17) is 4.74 Å². The zero-order valence-electron chi connectivity index (χ0n) is 22.7. The molecule has 0 aliphatic rings. The summed E-state index contributed by atoms with van der Waals surface area (Å²) < 4.78 is 120. The fourth-order valence-corrected chi connectivity index (χ4v) is 4.64. The number of aryl methyl sites for hydroxylation is 2. The highest BCUT2D eigenvalue weighted by Crippen LogP contribution is 2.33. The highest BCUT2D eigenvalue weighted by atomic mass is 19.4. The molecule has 0 amide bonds. The van der Waals surface area contributed by atoms with Crippen LogP contribution < -0.4 is 9.47 Å². The summed E-state index contributed by atoms with van der Waals surface area (Å²) in [6.45, 7) is 0.579. The maximum absolute atomic E-state index is 15.3. The monoisotopic (exact) mass is 596 g/mol. The van der Waals surface area contributed by atoms with E-state index in [0.29, 0.717) is 12.0 Å². The van der Waals surface area contributed by atoms with Crippen LogP contribution in [-0.2, 0) is 12.8 Å². The Labute approximate surface area is 237 Å². The van der Waals surface area contributed by atoms with Gasteiger partial charge in [0.2, 0.25) is 0 Å². The summed E-state index contributed by atoms with van der Waals surface area (Å²) in [5, 5.41) is 0.560. The van der Waals surface area contributed by atoms with Crippen molar-refractivity contribution in [2.45, 2.75) is 51.6 Å². The molecule has 0 fully saturated rings. The zero-order chi connectivity index (χ0) is 30.4. The topological polar surface area (TPSA) is 18.5 Å². The molecule has 0 radical (unpaired) electrons. The van der Waals surface area contributed by atoms with Crippen LogP contribution in [0.2, 0.25) is 0 Å². The van der Waals surface area contributed by atoms with Crippen molar-refractivity contribution < 1.29 is 44.6 Å². The normalized spacial score (nSPS) is 11.7. The number of hydrogen-bond donors (Lipinski definition) is 0. The van der Waals surface area contributed by atoms with Crippen LogP contribution in [0.15, 0.2) is 54.6 Å². The highest BCUT2D eigenvalue weighted by molar-refractivity contribution is 5.88. The second-order valence-electron chi connectivity index (χ2n) is 9.94. The average molecular weight is 597 g/mol. The Balaban J connectivity index is 1.48. The van der Waals surface area contributed by atoms with Crippen LogP contribution in [0, 0.1) is 29.1 Å². The molecule has 0 atom stereocenters. The Morgan fingerprint density at radius 3 is 2.02 bits per heavy atom. The molecular weight excluding hydrogens is 568 g/mol. The minimum absolute atomic E-state index is 0.0165. The van der Waals surface area contributed by atoms with Crippen LogP contribution >= 0.6 is 0 Å². The Hall–Kier alpha value is -3.82. The Morgan fingerprint density at radius 1 is 0.690 bits per heavy atom. The van der Waals surface area contributed by atoms with Crippen molar-refractivity contribution in [3.63, 3.8) is 0 Å². The molecule has 0 unspecified atom stereocenters. The van der Waals surface area contributed by atoms with Crippen molar-refractivity contribution in [1.29, 1.82) is 0 Å². The Bertz CT molecular complexity index is 1500. The average Bonchev–Trinajstić information content (AvgIpc) is 2.91. The number of rotatable bonds is 12. The molecule has 4 aromatic carbocycles. The van der Waals surface area contributed by atoms with Crippen molar-refractivity contribution in [2.24, 2.45) is 0 Å². The molecule has 0 aromatic heterocycles. The predicted octanol–water partition coefficient (Wildman–Crippen LogP) is 9.89. The van der Waals surface area contributed by atoms with Gasteiger partial charge in [-0.3, -0.25) is 0 Å². The molecule has 10 heteroatoms. The molecule has 0 saturated heterocycles. The van der Waals surface area contributed by atoms with E-state index in [1.165, 1.54) is 24.3 Å². The standard InChI is InChI=1S/C32H28F8O2/c1-2-3-4-5-12-41-23-16-25(33)29(26(34)17-23)22-10-11-24-21(15-22)9-8-20(30(24)37)7-6-19-13-27(35)31(28(36)14-19)42-18-32(38,39)40/h8-11,13-17H,2-7,12,18H2,1H3. The summed E-state index contributed by atoms with van der Waals surface area (Å²) in [5.41, 5.74) is 0.245. The van der Waals surface area contributed by atoms with Crippen LogP contribution in [0.25, 0.3) is 21.9 Å². The van der Waals surface area contributed by atoms with E-state index in [-0.39, 0.29) is 46.2 Å². The smallest absolute Gasteiger partial charge is 0.422 e. The summed E-state index contributed by atoms with van der Waals surface area (Å²) in [6, 6.07) is 11.2. The van der Waals surface area contributed by atoms with Crippen LogP contribution in [0.3, 0.4) is 0 Å². The van der Waals surface area contributed by atoms with Crippen LogP contribution in [0.4, 0.5) is 35.1 Å². The second-order valence-corrected chi connectivity index (χ2v) is 9.94. The van der Waals surface area contributed by atoms with Crippen molar-refractivity contribution in [2.75, 3.05) is 13.2 Å². The third-order valence-corrected chi connectivity index (χ3v) is 6.73. The van der Waals surface area contributed by atoms with E-state index in [1.807, 2.05) is 0 Å². The first-order valence-electron chi connectivity index (χ1n) is 13.5. The largest absolute Gasteiger partial charge is 0.493 e. The third-order valence-electron chi connectivity index (χ3n) is 6.73. The van der Waals surface area contributed by atoms with E-state index >= 15 is 4.39 Å². The molecule has 0 aliphatic carbocycles. The fourth-order valence-electron chi connectivity index (χ4n) is 4.64. The quantitative estimate of drug-likeness (QED) is 0.120. The summed E-state index contributed by atoms with van der Waals surface area (Å²) in [5.74, 6) is -5.89. The number of benzene rings is 4. The molecule has 2 nitrogen and oxygen atoms in total. The molecular formula is C32H28F8O2. The first kappa shape index (κ1) is 31.1. The Morgan fingerprint density at radius 2 is 1.38 bits per heavy atom. The van der Waals surface area contributed by atoms with E-state index < -0.39 is 47.6 Å². The molecule has 4 aromatic rings. The van der Waals surface area contributed by atoms with Gasteiger partial charge in [-0.15, -0.1) is 0 Å². The van der Waals surface area contributed by atoms with Gasteiger partial charge in [-0.25, -0.2) is 22.0 Å². The van der Waals surface area contributed by atoms with E-state index in [2.05, 4.69) is 11.7 Å². The highest BCUT2D eigenvalue weighted by Gasteiger charge is 2.30. The lowest BCUT2D eigenvalue weighted by Gasteiger charge is -2.13. The SMILES string of the molecule is CCCCCCOc1cc(F)c(-c2ccc3c(F)c(CCc4cc(F)c(OCC(F)(F)F)c(F)c4)ccc3c2)c(F)c1. The van der Waals surface area contributed by atoms with Gasteiger partial charge < -0.3 is 9.47 Å².